The molecule has 1 aliphatic rings. The highest BCUT2D eigenvalue weighted by Gasteiger charge is 2.38. The zero-order valence-corrected chi connectivity index (χ0v) is 21.0. The summed E-state index contributed by atoms with van der Waals surface area (Å²) < 4.78 is 0. The molecule has 4 unspecified atom stereocenters. The maximum Gasteiger partial charge on any atom is 0.326 e. The van der Waals surface area contributed by atoms with E-state index in [-0.39, 0.29) is 24.6 Å². The van der Waals surface area contributed by atoms with Crippen LogP contribution in [0, 0.1) is 5.92 Å². The van der Waals surface area contributed by atoms with E-state index >= 15 is 0 Å². The third-order valence-electron chi connectivity index (χ3n) is 6.41. The van der Waals surface area contributed by atoms with Gasteiger partial charge in [-0.25, -0.2) is 4.79 Å². The van der Waals surface area contributed by atoms with Gasteiger partial charge in [0.15, 0.2) is 0 Å². The molecule has 4 atom stereocenters. The summed E-state index contributed by atoms with van der Waals surface area (Å²) >= 11 is 0. The Morgan fingerprint density at radius 3 is 2.28 bits per heavy atom. The van der Waals surface area contributed by atoms with Gasteiger partial charge in [0.1, 0.15) is 23.9 Å². The van der Waals surface area contributed by atoms with Crippen molar-refractivity contribution < 1.29 is 29.4 Å². The molecule has 36 heavy (non-hydrogen) atoms. The summed E-state index contributed by atoms with van der Waals surface area (Å²) in [4.78, 5) is 52.3. The number of carboxylic acids is 1. The number of hydrogen-bond acceptors (Lipinski definition) is 7. The minimum atomic E-state index is -1.09. The molecule has 0 aromatic heterocycles. The predicted molar refractivity (Wildman–Crippen MR) is 134 cm³/mol. The fraction of sp³-hybridized carbons (Fsp3) is 0.600. The molecule has 11 heteroatoms. The SMILES string of the molecule is CC(C)C(N)C(=O)NC(CCCCN)C(=O)NC(Cc1ccc(O)cc1)C(=O)N1CCCC1C(=O)O. The van der Waals surface area contributed by atoms with Crippen molar-refractivity contribution in [3.63, 3.8) is 0 Å². The molecule has 3 amide bonds. The van der Waals surface area contributed by atoms with Crippen LogP contribution in [-0.4, -0.2) is 76.1 Å². The number of aromatic hydroxyl groups is 1. The third kappa shape index (κ3) is 8.20. The number of carboxylic acid groups (broad SMARTS) is 1. The summed E-state index contributed by atoms with van der Waals surface area (Å²) in [6.45, 7) is 4.31. The van der Waals surface area contributed by atoms with Crippen LogP contribution in [-0.2, 0) is 25.6 Å². The fourth-order valence-corrected chi connectivity index (χ4v) is 4.16. The van der Waals surface area contributed by atoms with Crippen LogP contribution in [0.4, 0.5) is 0 Å². The molecule has 200 valence electrons. The maximum atomic E-state index is 13.4. The number of hydrogen-bond donors (Lipinski definition) is 6. The summed E-state index contributed by atoms with van der Waals surface area (Å²) in [5.41, 5.74) is 12.2. The lowest BCUT2D eigenvalue weighted by Gasteiger charge is -2.29. The number of aliphatic carboxylic acids is 1. The number of phenolic OH excluding ortho intramolecular Hbond substituents is 1. The second-order valence-corrected chi connectivity index (χ2v) is 9.58. The molecular formula is C25H39N5O6. The Kier molecular flexibility index (Phi) is 11.1. The summed E-state index contributed by atoms with van der Waals surface area (Å²) in [6, 6.07) is 2.44. The van der Waals surface area contributed by atoms with Gasteiger partial charge in [-0.15, -0.1) is 0 Å². The highest BCUT2D eigenvalue weighted by Crippen LogP contribution is 2.20. The average Bonchev–Trinajstić information content (AvgIpc) is 3.33. The molecule has 1 saturated heterocycles. The van der Waals surface area contributed by atoms with E-state index in [1.165, 1.54) is 17.0 Å². The predicted octanol–water partition coefficient (Wildman–Crippen LogP) is 0.0922. The van der Waals surface area contributed by atoms with Gasteiger partial charge in [-0.1, -0.05) is 26.0 Å². The van der Waals surface area contributed by atoms with E-state index in [1.807, 2.05) is 0 Å². The number of nitrogens with zero attached hydrogens (tertiary/aromatic N) is 1. The Labute approximate surface area is 211 Å². The zero-order chi connectivity index (χ0) is 26.8. The van der Waals surface area contributed by atoms with Gasteiger partial charge in [0.25, 0.3) is 0 Å². The number of rotatable bonds is 13. The van der Waals surface area contributed by atoms with E-state index in [9.17, 15) is 29.4 Å². The highest BCUT2D eigenvalue weighted by molar-refractivity contribution is 5.94. The molecule has 1 heterocycles. The number of nitrogens with two attached hydrogens (primary N) is 2. The van der Waals surface area contributed by atoms with Crippen molar-refractivity contribution in [2.75, 3.05) is 13.1 Å². The molecule has 1 aromatic rings. The number of likely N-dealkylation sites (tertiary alicyclic amines) is 1. The average molecular weight is 506 g/mol. The smallest absolute Gasteiger partial charge is 0.326 e. The molecule has 0 saturated carbocycles. The Balaban J connectivity index is 2.26. The number of unbranched alkanes of at least 4 members (excludes halogenated alkanes) is 1. The zero-order valence-electron chi connectivity index (χ0n) is 21.0. The van der Waals surface area contributed by atoms with E-state index in [0.29, 0.717) is 44.2 Å². The van der Waals surface area contributed by atoms with Crippen LogP contribution in [0.1, 0.15) is 51.5 Å². The van der Waals surface area contributed by atoms with E-state index in [4.69, 9.17) is 11.5 Å². The number of carbonyl (C=O) groups excluding carboxylic acids is 3. The van der Waals surface area contributed by atoms with Crippen molar-refractivity contribution in [3.8, 4) is 5.75 Å². The fourth-order valence-electron chi connectivity index (χ4n) is 4.16. The second-order valence-electron chi connectivity index (χ2n) is 9.58. The van der Waals surface area contributed by atoms with E-state index in [0.717, 1.165) is 0 Å². The number of amides is 3. The summed E-state index contributed by atoms with van der Waals surface area (Å²) in [5.74, 6) is -2.70. The Morgan fingerprint density at radius 2 is 1.69 bits per heavy atom. The van der Waals surface area contributed by atoms with E-state index < -0.39 is 47.9 Å². The summed E-state index contributed by atoms with van der Waals surface area (Å²) in [7, 11) is 0. The van der Waals surface area contributed by atoms with Gasteiger partial charge in [0.05, 0.1) is 6.04 Å². The van der Waals surface area contributed by atoms with E-state index in [1.54, 1.807) is 26.0 Å². The molecule has 0 spiro atoms. The molecule has 8 N–H and O–H groups in total. The molecule has 1 aliphatic heterocycles. The van der Waals surface area contributed by atoms with Gasteiger partial charge in [-0.05, 0) is 62.3 Å². The lowest BCUT2D eigenvalue weighted by atomic mass is 10.0. The van der Waals surface area contributed by atoms with Gasteiger partial charge >= 0.3 is 5.97 Å². The topological polar surface area (TPSA) is 188 Å². The molecule has 1 aromatic carbocycles. The van der Waals surface area contributed by atoms with Crippen LogP contribution >= 0.6 is 0 Å². The minimum Gasteiger partial charge on any atom is -0.508 e. The van der Waals surface area contributed by atoms with Gasteiger partial charge in [-0.3, -0.25) is 14.4 Å². The first-order chi connectivity index (χ1) is 17.0. The number of carbonyl (C=O) groups is 4. The monoisotopic (exact) mass is 505 g/mol. The van der Waals surface area contributed by atoms with Gasteiger partial charge in [0, 0.05) is 13.0 Å². The number of phenols is 1. The van der Waals surface area contributed by atoms with Crippen molar-refractivity contribution in [3.05, 3.63) is 29.8 Å². The van der Waals surface area contributed by atoms with Crippen molar-refractivity contribution >= 4 is 23.7 Å². The minimum absolute atomic E-state index is 0.0558. The van der Waals surface area contributed by atoms with Crippen LogP contribution in [0.25, 0.3) is 0 Å². The van der Waals surface area contributed by atoms with Crippen LogP contribution in [0.5, 0.6) is 5.75 Å². The maximum absolute atomic E-state index is 13.4. The lowest BCUT2D eigenvalue weighted by molar-refractivity contribution is -0.149. The molecule has 0 aliphatic carbocycles. The quantitative estimate of drug-likeness (QED) is 0.203. The van der Waals surface area contributed by atoms with Gasteiger partial charge in [-0.2, -0.15) is 0 Å². The largest absolute Gasteiger partial charge is 0.508 e. The van der Waals surface area contributed by atoms with Crippen LogP contribution in [0.15, 0.2) is 24.3 Å². The molecule has 0 bridgehead atoms. The van der Waals surface area contributed by atoms with Gasteiger partial charge < -0.3 is 37.2 Å². The van der Waals surface area contributed by atoms with Crippen molar-refractivity contribution in [1.29, 1.82) is 0 Å². The number of nitrogens with one attached hydrogen (secondary N) is 2. The van der Waals surface area contributed by atoms with Crippen molar-refractivity contribution in [1.82, 2.24) is 15.5 Å². The molecule has 11 nitrogen and oxygen atoms in total. The molecular weight excluding hydrogens is 466 g/mol. The van der Waals surface area contributed by atoms with Gasteiger partial charge in [0.2, 0.25) is 17.7 Å². The summed E-state index contributed by atoms with van der Waals surface area (Å²) in [5, 5.41) is 24.6. The van der Waals surface area contributed by atoms with Crippen molar-refractivity contribution in [2.45, 2.75) is 76.5 Å². The first-order valence-electron chi connectivity index (χ1n) is 12.4. The Morgan fingerprint density at radius 1 is 1.06 bits per heavy atom. The molecule has 1 fully saturated rings. The summed E-state index contributed by atoms with van der Waals surface area (Å²) in [6.07, 6.45) is 2.51. The second kappa shape index (κ2) is 13.8. The molecule has 2 rings (SSSR count). The van der Waals surface area contributed by atoms with Crippen LogP contribution in [0.3, 0.4) is 0 Å². The Hall–Kier alpha value is -3.18. The number of benzene rings is 1. The van der Waals surface area contributed by atoms with Crippen LogP contribution in [0.2, 0.25) is 0 Å². The highest BCUT2D eigenvalue weighted by atomic mass is 16.4. The lowest BCUT2D eigenvalue weighted by Crippen LogP contribution is -2.58. The standard InChI is InChI=1S/C25H39N5O6/c1-15(2)21(27)23(33)28-18(6-3-4-12-26)22(32)29-19(14-16-8-10-17(31)11-9-16)24(34)30-13-5-7-20(30)25(35)36/h8-11,15,18-21,31H,3-7,12-14,26-27H2,1-2H3,(H,28,33)(H,29,32)(H,35,36). The van der Waals surface area contributed by atoms with E-state index in [2.05, 4.69) is 10.6 Å². The first kappa shape index (κ1) is 29.1. The van der Waals surface area contributed by atoms with Crippen LogP contribution < -0.4 is 22.1 Å². The first-order valence-corrected chi connectivity index (χ1v) is 12.4. The Bertz CT molecular complexity index is 907. The van der Waals surface area contributed by atoms with Crippen molar-refractivity contribution in [2.24, 2.45) is 17.4 Å². The normalized spacial score (nSPS) is 17.9. The third-order valence-corrected chi connectivity index (χ3v) is 6.41. The molecule has 0 radical (unpaired) electrons.